The molecule has 0 heterocycles. The van der Waals surface area contributed by atoms with Crippen LogP contribution >= 0.6 is 12.4 Å². The maximum atomic E-state index is 11.6. The first-order valence-electron chi connectivity index (χ1n) is 5.36. The molecule has 1 aromatic carbocycles. The van der Waals surface area contributed by atoms with E-state index >= 15 is 0 Å². The van der Waals surface area contributed by atoms with Gasteiger partial charge in [-0.1, -0.05) is 18.2 Å². The molecule has 1 saturated carbocycles. The predicted molar refractivity (Wildman–Crippen MR) is 66.7 cm³/mol. The zero-order valence-corrected chi connectivity index (χ0v) is 9.87. The summed E-state index contributed by atoms with van der Waals surface area (Å²) >= 11 is 0. The van der Waals surface area contributed by atoms with Gasteiger partial charge in [-0.05, 0) is 30.9 Å². The average Bonchev–Trinajstić information content (AvgIpc) is 3.10. The third kappa shape index (κ3) is 3.51. The maximum absolute atomic E-state index is 11.6. The van der Waals surface area contributed by atoms with Crippen LogP contribution in [0.5, 0.6) is 0 Å². The fraction of sp³-hybridized carbons (Fsp3) is 0.417. The number of halogens is 1. The van der Waals surface area contributed by atoms with Crippen molar-refractivity contribution < 1.29 is 4.79 Å². The van der Waals surface area contributed by atoms with E-state index in [1.165, 1.54) is 12.8 Å². The van der Waals surface area contributed by atoms with Crippen LogP contribution < -0.4 is 11.1 Å². The zero-order chi connectivity index (χ0) is 10.7. The molecule has 0 bridgehead atoms. The molecule has 88 valence electrons. The Kier molecular flexibility index (Phi) is 4.77. The van der Waals surface area contributed by atoms with Crippen LogP contribution in [-0.4, -0.2) is 18.5 Å². The van der Waals surface area contributed by atoms with Crippen LogP contribution in [0.25, 0.3) is 0 Å². The van der Waals surface area contributed by atoms with Crippen LogP contribution in [0.3, 0.4) is 0 Å². The smallest absolute Gasteiger partial charge is 0.251 e. The van der Waals surface area contributed by atoms with E-state index in [2.05, 4.69) is 5.32 Å². The molecule has 1 aliphatic carbocycles. The lowest BCUT2D eigenvalue weighted by molar-refractivity contribution is 0.0950. The van der Waals surface area contributed by atoms with Gasteiger partial charge in [0, 0.05) is 18.2 Å². The molecule has 0 spiro atoms. The number of carbonyl (C=O) groups excluding carboxylic acids is 1. The van der Waals surface area contributed by atoms with Gasteiger partial charge in [-0.15, -0.1) is 12.4 Å². The Morgan fingerprint density at radius 1 is 1.38 bits per heavy atom. The lowest BCUT2D eigenvalue weighted by Crippen LogP contribution is -2.38. The summed E-state index contributed by atoms with van der Waals surface area (Å²) in [5.74, 6) is 0.591. The SMILES string of the molecule is Cl.NC(CNC(=O)c1ccccc1)C1CC1. The van der Waals surface area contributed by atoms with Crippen molar-refractivity contribution in [3.05, 3.63) is 35.9 Å². The van der Waals surface area contributed by atoms with Crippen molar-refractivity contribution in [1.82, 2.24) is 5.32 Å². The first-order chi connectivity index (χ1) is 7.27. The van der Waals surface area contributed by atoms with E-state index in [0.29, 0.717) is 18.0 Å². The summed E-state index contributed by atoms with van der Waals surface area (Å²) in [6, 6.07) is 9.34. The third-order valence-corrected chi connectivity index (χ3v) is 2.76. The summed E-state index contributed by atoms with van der Waals surface area (Å²) in [5.41, 5.74) is 6.59. The van der Waals surface area contributed by atoms with E-state index in [0.717, 1.165) is 0 Å². The number of nitrogens with one attached hydrogen (secondary N) is 1. The van der Waals surface area contributed by atoms with Crippen molar-refractivity contribution in [2.24, 2.45) is 11.7 Å². The van der Waals surface area contributed by atoms with E-state index < -0.39 is 0 Å². The molecule has 1 aliphatic rings. The maximum Gasteiger partial charge on any atom is 0.251 e. The zero-order valence-electron chi connectivity index (χ0n) is 9.06. The van der Waals surface area contributed by atoms with Crippen molar-refractivity contribution in [2.75, 3.05) is 6.54 Å². The van der Waals surface area contributed by atoms with Gasteiger partial charge in [0.2, 0.25) is 0 Å². The molecule has 1 unspecified atom stereocenters. The molecule has 1 atom stereocenters. The molecule has 3 N–H and O–H groups in total. The molecule has 0 aliphatic heterocycles. The van der Waals surface area contributed by atoms with Gasteiger partial charge in [-0.3, -0.25) is 4.79 Å². The summed E-state index contributed by atoms with van der Waals surface area (Å²) < 4.78 is 0. The van der Waals surface area contributed by atoms with E-state index in [9.17, 15) is 4.79 Å². The largest absolute Gasteiger partial charge is 0.350 e. The highest BCUT2D eigenvalue weighted by molar-refractivity contribution is 5.94. The Morgan fingerprint density at radius 3 is 2.56 bits per heavy atom. The highest BCUT2D eigenvalue weighted by Crippen LogP contribution is 2.31. The van der Waals surface area contributed by atoms with Crippen molar-refractivity contribution in [1.29, 1.82) is 0 Å². The van der Waals surface area contributed by atoms with Gasteiger partial charge in [0.1, 0.15) is 0 Å². The first-order valence-corrected chi connectivity index (χ1v) is 5.36. The summed E-state index contributed by atoms with van der Waals surface area (Å²) in [6.45, 7) is 0.582. The summed E-state index contributed by atoms with van der Waals surface area (Å²) in [6.07, 6.45) is 2.42. The van der Waals surface area contributed by atoms with Crippen molar-refractivity contribution >= 4 is 18.3 Å². The number of hydrogen-bond donors (Lipinski definition) is 2. The molecule has 3 nitrogen and oxygen atoms in total. The summed E-state index contributed by atoms with van der Waals surface area (Å²) in [5, 5.41) is 2.86. The van der Waals surface area contributed by atoms with Crippen LogP contribution in [0.4, 0.5) is 0 Å². The summed E-state index contributed by atoms with van der Waals surface area (Å²) in [4.78, 5) is 11.6. The highest BCUT2D eigenvalue weighted by Gasteiger charge is 2.28. The fourth-order valence-electron chi connectivity index (χ4n) is 1.59. The molecule has 1 fully saturated rings. The Balaban J connectivity index is 0.00000128. The van der Waals surface area contributed by atoms with Crippen LogP contribution in [0.2, 0.25) is 0 Å². The second-order valence-electron chi connectivity index (χ2n) is 4.08. The predicted octanol–water partition coefficient (Wildman–Crippen LogP) is 1.58. The van der Waals surface area contributed by atoms with Gasteiger partial charge < -0.3 is 11.1 Å². The molecular formula is C12H17ClN2O. The number of rotatable bonds is 4. The number of benzene rings is 1. The van der Waals surface area contributed by atoms with Crippen LogP contribution in [0, 0.1) is 5.92 Å². The van der Waals surface area contributed by atoms with Crippen molar-refractivity contribution in [3.8, 4) is 0 Å². The fourth-order valence-corrected chi connectivity index (χ4v) is 1.59. The Hall–Kier alpha value is -1.06. The standard InChI is InChI=1S/C12H16N2O.ClH/c13-11(9-6-7-9)8-14-12(15)10-4-2-1-3-5-10;/h1-5,9,11H,6-8,13H2,(H,14,15);1H. The normalized spacial score (nSPS) is 16.1. The third-order valence-electron chi connectivity index (χ3n) is 2.76. The van der Waals surface area contributed by atoms with Crippen molar-refractivity contribution in [2.45, 2.75) is 18.9 Å². The molecule has 0 radical (unpaired) electrons. The minimum atomic E-state index is -0.0355. The number of amides is 1. The molecule has 2 rings (SSSR count). The monoisotopic (exact) mass is 240 g/mol. The lowest BCUT2D eigenvalue weighted by atomic mass is 10.2. The van der Waals surface area contributed by atoms with Gasteiger partial charge >= 0.3 is 0 Å². The molecule has 0 aromatic heterocycles. The van der Waals surface area contributed by atoms with Crippen LogP contribution in [0.15, 0.2) is 30.3 Å². The highest BCUT2D eigenvalue weighted by atomic mass is 35.5. The summed E-state index contributed by atoms with van der Waals surface area (Å²) in [7, 11) is 0. The molecule has 4 heteroatoms. The Morgan fingerprint density at radius 2 is 2.00 bits per heavy atom. The van der Waals surface area contributed by atoms with Gasteiger partial charge in [-0.25, -0.2) is 0 Å². The molecular weight excluding hydrogens is 224 g/mol. The van der Waals surface area contributed by atoms with E-state index in [1.54, 1.807) is 12.1 Å². The van der Waals surface area contributed by atoms with Gasteiger partial charge in [0.15, 0.2) is 0 Å². The first kappa shape index (κ1) is 13.0. The average molecular weight is 241 g/mol. The minimum Gasteiger partial charge on any atom is -0.350 e. The van der Waals surface area contributed by atoms with E-state index in [1.807, 2.05) is 18.2 Å². The number of carbonyl (C=O) groups is 1. The molecule has 0 saturated heterocycles. The Labute approximate surface area is 102 Å². The van der Waals surface area contributed by atoms with E-state index in [-0.39, 0.29) is 24.4 Å². The number of nitrogens with two attached hydrogens (primary N) is 1. The van der Waals surface area contributed by atoms with Gasteiger partial charge in [0.25, 0.3) is 5.91 Å². The number of hydrogen-bond acceptors (Lipinski definition) is 2. The quantitative estimate of drug-likeness (QED) is 0.840. The van der Waals surface area contributed by atoms with Crippen LogP contribution in [-0.2, 0) is 0 Å². The Bertz CT molecular complexity index is 338. The lowest BCUT2D eigenvalue weighted by Gasteiger charge is -2.11. The second kappa shape index (κ2) is 5.87. The molecule has 16 heavy (non-hydrogen) atoms. The van der Waals surface area contributed by atoms with Gasteiger partial charge in [0.05, 0.1) is 0 Å². The minimum absolute atomic E-state index is 0. The van der Waals surface area contributed by atoms with Crippen molar-refractivity contribution in [3.63, 3.8) is 0 Å². The molecule has 1 aromatic rings. The van der Waals surface area contributed by atoms with Crippen LogP contribution in [0.1, 0.15) is 23.2 Å². The molecule has 1 amide bonds. The van der Waals surface area contributed by atoms with Gasteiger partial charge in [-0.2, -0.15) is 0 Å². The van der Waals surface area contributed by atoms with E-state index in [4.69, 9.17) is 5.73 Å². The second-order valence-corrected chi connectivity index (χ2v) is 4.08. The topological polar surface area (TPSA) is 55.1 Å².